The van der Waals surface area contributed by atoms with Gasteiger partial charge in [-0.05, 0) is 124 Å². The minimum Gasteiger partial charge on any atom is -0.455 e. The normalized spacial score (nSPS) is 22.8. The molecule has 5 heterocycles. The van der Waals surface area contributed by atoms with Crippen LogP contribution in [-0.4, -0.2) is 95.2 Å². The number of nitrogens with zero attached hydrogens (tertiary/aromatic N) is 5. The number of hydrogen-bond acceptors (Lipinski definition) is 13. The van der Waals surface area contributed by atoms with Crippen LogP contribution in [0.2, 0.25) is 0 Å². The molecule has 2 aromatic carbocycles. The summed E-state index contributed by atoms with van der Waals surface area (Å²) < 4.78 is 42.0. The van der Waals surface area contributed by atoms with Crippen LogP contribution in [0.4, 0.5) is 17.2 Å². The monoisotopic (exact) mass is 934 g/mol. The molecule has 2 saturated heterocycles. The summed E-state index contributed by atoms with van der Waals surface area (Å²) in [6.45, 7) is 10.8. The van der Waals surface area contributed by atoms with Crippen LogP contribution in [-0.2, 0) is 14.8 Å². The maximum Gasteiger partial charge on any atom is 0.312 e. The van der Waals surface area contributed by atoms with Crippen molar-refractivity contribution in [2.75, 3.05) is 49.6 Å². The lowest BCUT2D eigenvalue weighted by atomic mass is 9.66. The molecule has 4 aliphatic rings. The number of ether oxygens (including phenoxy) is 2. The molecule has 2 aliphatic carbocycles. The molecule has 356 valence electrons. The Morgan fingerprint density at radius 1 is 0.985 bits per heavy atom. The maximum atomic E-state index is 14.0. The second-order valence-electron chi connectivity index (χ2n) is 19.8. The largest absolute Gasteiger partial charge is 0.455 e. The third-order valence-electron chi connectivity index (χ3n) is 15.0. The summed E-state index contributed by atoms with van der Waals surface area (Å²) in [5, 5.41) is 26.2. The van der Waals surface area contributed by atoms with Crippen molar-refractivity contribution < 1.29 is 32.7 Å². The summed E-state index contributed by atoms with van der Waals surface area (Å²) >= 11 is 0. The fraction of sp³-hybridized carbons (Fsp3) is 0.500. The van der Waals surface area contributed by atoms with Gasteiger partial charge in [-0.3, -0.25) is 19.8 Å². The number of H-pyrrole nitrogens is 1. The van der Waals surface area contributed by atoms with E-state index in [2.05, 4.69) is 72.9 Å². The van der Waals surface area contributed by atoms with Gasteiger partial charge in [0.05, 0.1) is 47.7 Å². The smallest absolute Gasteiger partial charge is 0.312 e. The minimum atomic E-state index is -4.63. The molecule has 1 atom stereocenters. The number of aliphatic hydroxyl groups is 1. The quantitative estimate of drug-likeness (QED) is 0.0644. The number of aromatic nitrogens is 3. The fourth-order valence-electron chi connectivity index (χ4n) is 10.9. The molecule has 0 unspecified atom stereocenters. The van der Waals surface area contributed by atoms with Crippen molar-refractivity contribution in [2.24, 2.45) is 11.3 Å². The van der Waals surface area contributed by atoms with Gasteiger partial charge in [0.25, 0.3) is 15.9 Å². The molecule has 1 spiro atoms. The molecule has 0 radical (unpaired) electrons. The van der Waals surface area contributed by atoms with Crippen molar-refractivity contribution in [2.45, 2.75) is 113 Å². The first-order chi connectivity index (χ1) is 32.2. The number of nitro groups is 1. The van der Waals surface area contributed by atoms with Gasteiger partial charge in [-0.1, -0.05) is 38.1 Å². The lowest BCUT2D eigenvalue weighted by Gasteiger charge is -2.50. The average molecular weight is 935 g/mol. The van der Waals surface area contributed by atoms with Crippen LogP contribution >= 0.6 is 0 Å². The van der Waals surface area contributed by atoms with E-state index >= 15 is 0 Å². The molecule has 3 aromatic heterocycles. The van der Waals surface area contributed by atoms with Crippen molar-refractivity contribution in [1.82, 2.24) is 24.6 Å². The number of carbonyl (C=O) groups is 1. The predicted octanol–water partition coefficient (Wildman–Crippen LogP) is 8.86. The maximum absolute atomic E-state index is 14.0. The number of amides is 1. The molecular weight excluding hydrogens is 873 g/mol. The third-order valence-corrected chi connectivity index (χ3v) is 16.2. The van der Waals surface area contributed by atoms with Gasteiger partial charge in [-0.15, -0.1) is 0 Å². The minimum absolute atomic E-state index is 0.0436. The van der Waals surface area contributed by atoms with E-state index in [9.17, 15) is 28.4 Å². The highest BCUT2D eigenvalue weighted by molar-refractivity contribution is 7.90. The van der Waals surface area contributed by atoms with Gasteiger partial charge in [0.1, 0.15) is 22.0 Å². The van der Waals surface area contributed by atoms with Crippen LogP contribution in [0.5, 0.6) is 11.5 Å². The molecule has 16 nitrogen and oxygen atoms in total. The van der Waals surface area contributed by atoms with Gasteiger partial charge < -0.3 is 29.8 Å². The molecule has 17 heteroatoms. The molecule has 9 rings (SSSR count). The van der Waals surface area contributed by atoms with Crippen LogP contribution in [0.15, 0.2) is 84.1 Å². The molecular formula is C50H62N8O8S. The number of fused-ring (bicyclic) bond motifs is 1. The molecule has 2 aliphatic heterocycles. The number of sulfonamides is 1. The zero-order chi connectivity index (χ0) is 46.9. The lowest BCUT2D eigenvalue weighted by molar-refractivity contribution is -0.384. The third kappa shape index (κ3) is 10.3. The molecule has 5 aromatic rings. The number of morpholine rings is 1. The van der Waals surface area contributed by atoms with Gasteiger partial charge in [0.2, 0.25) is 5.82 Å². The van der Waals surface area contributed by atoms with Crippen LogP contribution in [0.1, 0.15) is 118 Å². The highest BCUT2D eigenvalue weighted by Gasteiger charge is 2.42. The number of carbonyl (C=O) groups excluding carboxylic acids is 1. The first-order valence-electron chi connectivity index (χ1n) is 23.8. The zero-order valence-corrected chi connectivity index (χ0v) is 39.4. The summed E-state index contributed by atoms with van der Waals surface area (Å²) in [4.78, 5) is 41.5. The average Bonchev–Trinajstić information content (AvgIpc) is 3.80. The van der Waals surface area contributed by atoms with Crippen LogP contribution in [0.3, 0.4) is 0 Å². The second-order valence-corrected chi connectivity index (χ2v) is 21.4. The Hall–Kier alpha value is -5.62. The number of anilines is 2. The van der Waals surface area contributed by atoms with Gasteiger partial charge in [0, 0.05) is 61.6 Å². The molecule has 0 bridgehead atoms. The Morgan fingerprint density at radius 2 is 1.75 bits per heavy atom. The van der Waals surface area contributed by atoms with Gasteiger partial charge in [0.15, 0.2) is 0 Å². The van der Waals surface area contributed by atoms with Crippen molar-refractivity contribution in [1.29, 1.82) is 0 Å². The van der Waals surface area contributed by atoms with Gasteiger partial charge in [-0.25, -0.2) is 23.1 Å². The first-order valence-corrected chi connectivity index (χ1v) is 25.2. The highest BCUT2D eigenvalue weighted by Crippen LogP contribution is 2.48. The van der Waals surface area contributed by atoms with Crippen molar-refractivity contribution in [3.8, 4) is 11.5 Å². The molecule has 4 fully saturated rings. The SMILES string of the molecule is CC(C)c1ccccc1[C@@H]1COCCN1C1CCC2(CC1)CCN(c1ccc(C(=O)NS(=O)(=O)c3cnc(NCC4CCC(C)(O)CC4)c([N+](=O)[O-])c3)c(Oc3cnc4[nH]ccc4c3)c1)CC2. The van der Waals surface area contributed by atoms with Crippen LogP contribution in [0.25, 0.3) is 11.0 Å². The van der Waals surface area contributed by atoms with E-state index in [-0.39, 0.29) is 34.5 Å². The van der Waals surface area contributed by atoms with E-state index in [1.807, 2.05) is 12.1 Å². The van der Waals surface area contributed by atoms with Gasteiger partial charge >= 0.3 is 5.69 Å². The van der Waals surface area contributed by atoms with Crippen molar-refractivity contribution in [3.63, 3.8) is 0 Å². The molecule has 1 amide bonds. The number of benzene rings is 2. The lowest BCUT2D eigenvalue weighted by Crippen LogP contribution is -2.50. The molecule has 4 N–H and O–H groups in total. The van der Waals surface area contributed by atoms with E-state index in [0.29, 0.717) is 42.7 Å². The standard InChI is InChI=1S/C50H62N8O8S/c1-33(2)40-6-4-5-7-41(40)44-32-65-25-24-57(44)36-12-17-50(18-13-36)19-22-56(23-20-50)37-8-9-42(45(27-37)66-38-26-35-14-21-51-46(35)53-30-38)48(59)55-67(63,64)39-28-43(58(61)62)47(54-31-39)52-29-34-10-15-49(3,60)16-11-34/h4-9,14,21,26-28,30-31,33-34,36,44,60H,10-13,15-20,22-25,29,32H2,1-3H3,(H,51,53)(H,52,54)(H,55,59)/t34?,44-,49?/m0/s1. The Morgan fingerprint density at radius 3 is 2.49 bits per heavy atom. The second kappa shape index (κ2) is 19.2. The number of nitrogens with one attached hydrogen (secondary N) is 3. The number of hydrogen-bond donors (Lipinski definition) is 4. The van der Waals surface area contributed by atoms with Crippen molar-refractivity contribution >= 4 is 44.2 Å². The molecule has 67 heavy (non-hydrogen) atoms. The Bertz CT molecular complexity index is 2700. The summed E-state index contributed by atoms with van der Waals surface area (Å²) in [6.07, 6.45) is 13.7. The first kappa shape index (κ1) is 46.5. The Balaban J connectivity index is 0.889. The fourth-order valence-corrected chi connectivity index (χ4v) is 11.8. The van der Waals surface area contributed by atoms with E-state index in [4.69, 9.17) is 9.47 Å². The van der Waals surface area contributed by atoms with E-state index in [1.54, 1.807) is 31.3 Å². The Kier molecular flexibility index (Phi) is 13.3. The van der Waals surface area contributed by atoms with E-state index in [1.165, 1.54) is 30.2 Å². The number of aromatic amines is 1. The summed E-state index contributed by atoms with van der Waals surface area (Å²) in [6, 6.07) is 19.3. The van der Waals surface area contributed by atoms with E-state index in [0.717, 1.165) is 94.7 Å². The highest BCUT2D eigenvalue weighted by atomic mass is 32.2. The number of pyridine rings is 2. The number of piperidine rings is 1. The van der Waals surface area contributed by atoms with Gasteiger partial charge in [-0.2, -0.15) is 0 Å². The predicted molar refractivity (Wildman–Crippen MR) is 256 cm³/mol. The summed E-state index contributed by atoms with van der Waals surface area (Å²) in [5.74, 6) is 0.0486. The zero-order valence-electron chi connectivity index (χ0n) is 38.6. The van der Waals surface area contributed by atoms with E-state index < -0.39 is 37.0 Å². The van der Waals surface area contributed by atoms with Crippen LogP contribution in [0, 0.1) is 21.4 Å². The number of rotatable bonds is 13. The summed E-state index contributed by atoms with van der Waals surface area (Å²) in [5.41, 5.74) is 3.25. The summed E-state index contributed by atoms with van der Waals surface area (Å²) in [7, 11) is -4.63. The van der Waals surface area contributed by atoms with Crippen LogP contribution < -0.4 is 19.7 Å². The topological polar surface area (TPSA) is 205 Å². The Labute approximate surface area is 392 Å². The molecule has 2 saturated carbocycles. The van der Waals surface area contributed by atoms with Crippen molar-refractivity contribution in [3.05, 3.63) is 106 Å².